The number of hydrogen-bond donors (Lipinski definition) is 1. The molecule has 0 saturated heterocycles. The molecule has 0 saturated carbocycles. The van der Waals surface area contributed by atoms with E-state index in [1.165, 1.54) is 5.56 Å². The van der Waals surface area contributed by atoms with E-state index >= 15 is 0 Å². The van der Waals surface area contributed by atoms with Crippen molar-refractivity contribution in [2.24, 2.45) is 0 Å². The number of nitrogens with one attached hydrogen (secondary N) is 1. The molecule has 102 valence electrons. The number of pyridine rings is 1. The number of H-pyrrole nitrogens is 1. The molecular weight excluding hydrogens is 270 g/mol. The Morgan fingerprint density at radius 3 is 2.70 bits per heavy atom. The van der Waals surface area contributed by atoms with E-state index in [2.05, 4.69) is 33.6 Å². The molecule has 0 aliphatic rings. The summed E-state index contributed by atoms with van der Waals surface area (Å²) in [6.45, 7) is 2.13. The molecule has 4 nitrogen and oxygen atoms in total. The maximum absolute atomic E-state index is 5.43. The average Bonchev–Trinajstić information content (AvgIpc) is 2.82. The number of ether oxygens (including phenoxy) is 1. The third kappa shape index (κ3) is 2.10. The van der Waals surface area contributed by atoms with Crippen molar-refractivity contribution < 1.29 is 4.74 Å². The molecule has 3 aromatic rings. The van der Waals surface area contributed by atoms with Crippen LogP contribution >= 0.6 is 12.2 Å². The zero-order valence-electron chi connectivity index (χ0n) is 11.3. The van der Waals surface area contributed by atoms with Crippen molar-refractivity contribution in [3.05, 3.63) is 53.1 Å². The first-order valence-electron chi connectivity index (χ1n) is 6.39. The SMILES string of the molecule is COc1ccc(C(C)n2c(=S)[nH]c3cnccc32)cc1. The Balaban J connectivity index is 2.09. The van der Waals surface area contributed by atoms with Crippen molar-refractivity contribution in [1.82, 2.24) is 14.5 Å². The molecule has 1 atom stereocenters. The monoisotopic (exact) mass is 285 g/mol. The number of hydrogen-bond acceptors (Lipinski definition) is 3. The number of rotatable bonds is 3. The van der Waals surface area contributed by atoms with Crippen molar-refractivity contribution in [3.8, 4) is 5.75 Å². The summed E-state index contributed by atoms with van der Waals surface area (Å²) in [5.74, 6) is 0.854. The van der Waals surface area contributed by atoms with Crippen molar-refractivity contribution in [2.45, 2.75) is 13.0 Å². The largest absolute Gasteiger partial charge is 0.497 e. The van der Waals surface area contributed by atoms with Crippen LogP contribution in [0.15, 0.2) is 42.7 Å². The Morgan fingerprint density at radius 2 is 2.00 bits per heavy atom. The molecule has 0 fully saturated rings. The second-order valence-electron chi connectivity index (χ2n) is 4.64. The van der Waals surface area contributed by atoms with E-state index in [-0.39, 0.29) is 6.04 Å². The van der Waals surface area contributed by atoms with Gasteiger partial charge in [-0.2, -0.15) is 0 Å². The van der Waals surface area contributed by atoms with Gasteiger partial charge in [-0.15, -0.1) is 0 Å². The Kier molecular flexibility index (Phi) is 3.28. The normalized spacial score (nSPS) is 12.5. The highest BCUT2D eigenvalue weighted by molar-refractivity contribution is 7.71. The Labute approximate surface area is 122 Å². The van der Waals surface area contributed by atoms with E-state index in [0.29, 0.717) is 4.77 Å². The predicted octanol–water partition coefficient (Wildman–Crippen LogP) is 3.71. The molecule has 1 aromatic carbocycles. The van der Waals surface area contributed by atoms with Gasteiger partial charge in [-0.05, 0) is 42.9 Å². The van der Waals surface area contributed by atoms with Crippen molar-refractivity contribution >= 4 is 23.3 Å². The number of methoxy groups -OCH3 is 1. The topological polar surface area (TPSA) is 42.8 Å². The maximum Gasteiger partial charge on any atom is 0.178 e. The molecule has 0 bridgehead atoms. The molecule has 0 radical (unpaired) electrons. The number of aromatic nitrogens is 3. The van der Waals surface area contributed by atoms with E-state index in [1.807, 2.05) is 18.2 Å². The first-order chi connectivity index (χ1) is 9.70. The number of benzene rings is 1. The number of imidazole rings is 1. The fraction of sp³-hybridized carbons (Fsp3) is 0.200. The van der Waals surface area contributed by atoms with E-state index in [4.69, 9.17) is 17.0 Å². The first kappa shape index (κ1) is 12.9. The van der Waals surface area contributed by atoms with Gasteiger partial charge in [-0.25, -0.2) is 0 Å². The summed E-state index contributed by atoms with van der Waals surface area (Å²) >= 11 is 5.43. The van der Waals surface area contributed by atoms with Gasteiger partial charge >= 0.3 is 0 Å². The molecule has 0 amide bonds. The molecule has 3 rings (SSSR count). The zero-order valence-corrected chi connectivity index (χ0v) is 12.1. The third-order valence-electron chi connectivity index (χ3n) is 3.50. The van der Waals surface area contributed by atoms with E-state index in [1.54, 1.807) is 19.5 Å². The van der Waals surface area contributed by atoms with E-state index in [0.717, 1.165) is 16.8 Å². The van der Waals surface area contributed by atoms with Gasteiger partial charge in [0.25, 0.3) is 0 Å². The van der Waals surface area contributed by atoms with Crippen molar-refractivity contribution in [1.29, 1.82) is 0 Å². The summed E-state index contributed by atoms with van der Waals surface area (Å²) < 4.78 is 8.00. The lowest BCUT2D eigenvalue weighted by Crippen LogP contribution is -2.06. The van der Waals surface area contributed by atoms with E-state index < -0.39 is 0 Å². The van der Waals surface area contributed by atoms with Gasteiger partial charge in [0, 0.05) is 6.20 Å². The van der Waals surface area contributed by atoms with Crippen LogP contribution in [0, 0.1) is 4.77 Å². The minimum absolute atomic E-state index is 0.143. The number of nitrogens with zero attached hydrogens (tertiary/aromatic N) is 2. The van der Waals surface area contributed by atoms with Gasteiger partial charge in [-0.1, -0.05) is 12.1 Å². The Hall–Kier alpha value is -2.14. The highest BCUT2D eigenvalue weighted by Crippen LogP contribution is 2.25. The molecule has 0 spiro atoms. The smallest absolute Gasteiger partial charge is 0.178 e. The van der Waals surface area contributed by atoms with Crippen LogP contribution in [0.4, 0.5) is 0 Å². The van der Waals surface area contributed by atoms with Crippen molar-refractivity contribution in [3.63, 3.8) is 0 Å². The third-order valence-corrected chi connectivity index (χ3v) is 3.80. The summed E-state index contributed by atoms with van der Waals surface area (Å²) in [6.07, 6.45) is 3.57. The summed E-state index contributed by atoms with van der Waals surface area (Å²) in [5, 5.41) is 0. The Morgan fingerprint density at radius 1 is 1.25 bits per heavy atom. The predicted molar refractivity (Wildman–Crippen MR) is 81.7 cm³/mol. The highest BCUT2D eigenvalue weighted by Gasteiger charge is 2.13. The maximum atomic E-state index is 5.43. The van der Waals surface area contributed by atoms with Gasteiger partial charge in [0.15, 0.2) is 4.77 Å². The molecule has 20 heavy (non-hydrogen) atoms. The molecule has 2 aromatic heterocycles. The molecule has 2 heterocycles. The quantitative estimate of drug-likeness (QED) is 0.746. The van der Waals surface area contributed by atoms with Crippen molar-refractivity contribution in [2.75, 3.05) is 7.11 Å². The summed E-state index contributed by atoms with van der Waals surface area (Å²) in [5.41, 5.74) is 3.20. The van der Waals surface area contributed by atoms with Crippen LogP contribution in [0.1, 0.15) is 18.5 Å². The van der Waals surface area contributed by atoms with Crippen LogP contribution in [-0.4, -0.2) is 21.6 Å². The number of aromatic amines is 1. The molecule has 1 unspecified atom stereocenters. The second kappa shape index (κ2) is 5.09. The first-order valence-corrected chi connectivity index (χ1v) is 6.79. The summed E-state index contributed by atoms with van der Waals surface area (Å²) in [4.78, 5) is 7.31. The minimum atomic E-state index is 0.143. The zero-order chi connectivity index (χ0) is 14.1. The fourth-order valence-corrected chi connectivity index (χ4v) is 2.76. The molecular formula is C15H15N3OS. The number of fused-ring (bicyclic) bond motifs is 1. The van der Waals surface area contributed by atoms with Crippen LogP contribution in [-0.2, 0) is 0 Å². The van der Waals surface area contributed by atoms with Crippen LogP contribution in [0.25, 0.3) is 11.0 Å². The van der Waals surface area contributed by atoms with Gasteiger partial charge in [0.05, 0.1) is 30.4 Å². The second-order valence-corrected chi connectivity index (χ2v) is 5.03. The average molecular weight is 285 g/mol. The lowest BCUT2D eigenvalue weighted by molar-refractivity contribution is 0.414. The Bertz CT molecular complexity index is 789. The van der Waals surface area contributed by atoms with Gasteiger partial charge in [0.1, 0.15) is 5.75 Å². The minimum Gasteiger partial charge on any atom is -0.497 e. The fourth-order valence-electron chi connectivity index (χ4n) is 2.39. The van der Waals surface area contributed by atoms with Crippen LogP contribution in [0.2, 0.25) is 0 Å². The van der Waals surface area contributed by atoms with Gasteiger partial charge < -0.3 is 14.3 Å². The van der Waals surface area contributed by atoms with Gasteiger partial charge in [0.2, 0.25) is 0 Å². The van der Waals surface area contributed by atoms with Crippen LogP contribution in [0.5, 0.6) is 5.75 Å². The molecule has 0 aliphatic heterocycles. The standard InChI is InChI=1S/C15H15N3OS/c1-10(11-3-5-12(19-2)6-4-11)18-14-7-8-16-9-13(14)17-15(18)20/h3-10H,1-2H3,(H,17,20). The van der Waals surface area contributed by atoms with Gasteiger partial charge in [-0.3, -0.25) is 4.98 Å². The molecule has 5 heteroatoms. The lowest BCUT2D eigenvalue weighted by Gasteiger charge is -2.15. The molecule has 1 N–H and O–H groups in total. The summed E-state index contributed by atoms with van der Waals surface area (Å²) in [7, 11) is 1.67. The van der Waals surface area contributed by atoms with Crippen LogP contribution < -0.4 is 4.74 Å². The lowest BCUT2D eigenvalue weighted by atomic mass is 10.1. The van der Waals surface area contributed by atoms with Crippen LogP contribution in [0.3, 0.4) is 0 Å². The molecule has 0 aliphatic carbocycles. The van der Waals surface area contributed by atoms with E-state index in [9.17, 15) is 0 Å². The summed E-state index contributed by atoms with van der Waals surface area (Å²) in [6, 6.07) is 10.2. The highest BCUT2D eigenvalue weighted by atomic mass is 32.1.